The summed E-state index contributed by atoms with van der Waals surface area (Å²) in [7, 11) is 0. The van der Waals surface area contributed by atoms with Crippen LogP contribution in [0.2, 0.25) is 0 Å². The molecule has 1 aliphatic rings. The number of phenols is 1. The number of hydrogen-bond acceptors (Lipinski definition) is 4. The molecule has 1 N–H and O–H groups in total. The number of hydrogen-bond donors (Lipinski definition) is 1. The first-order chi connectivity index (χ1) is 11.3. The molecule has 0 aliphatic carbocycles. The maximum Gasteiger partial charge on any atom is 0.117 e. The first kappa shape index (κ1) is 15.4. The van der Waals surface area contributed by atoms with Gasteiger partial charge in [-0.1, -0.05) is 30.3 Å². The summed E-state index contributed by atoms with van der Waals surface area (Å²) in [4.78, 5) is 4.70. The lowest BCUT2D eigenvalue weighted by molar-refractivity contribution is 0.261. The van der Waals surface area contributed by atoms with Gasteiger partial charge in [-0.15, -0.1) is 0 Å². The van der Waals surface area contributed by atoms with Gasteiger partial charge in [-0.05, 0) is 30.2 Å². The van der Waals surface area contributed by atoms with E-state index in [9.17, 15) is 10.4 Å². The first-order valence-electron chi connectivity index (χ1n) is 8.00. The van der Waals surface area contributed by atoms with Crippen LogP contribution in [0.25, 0.3) is 0 Å². The molecule has 3 rings (SSSR count). The highest BCUT2D eigenvalue weighted by Gasteiger charge is 2.19. The molecule has 4 heteroatoms. The maximum atomic E-state index is 9.51. The molecule has 0 atom stereocenters. The van der Waals surface area contributed by atoms with Gasteiger partial charge in [0.05, 0.1) is 11.3 Å². The molecule has 1 saturated heterocycles. The average molecular weight is 307 g/mol. The van der Waals surface area contributed by atoms with Gasteiger partial charge in [-0.3, -0.25) is 4.90 Å². The van der Waals surface area contributed by atoms with Gasteiger partial charge < -0.3 is 10.0 Å². The minimum atomic E-state index is 0.145. The summed E-state index contributed by atoms with van der Waals surface area (Å²) in [6, 6.07) is 17.8. The van der Waals surface area contributed by atoms with Crippen LogP contribution in [0.4, 0.5) is 5.69 Å². The summed E-state index contributed by atoms with van der Waals surface area (Å²) in [5, 5.41) is 18.7. The predicted molar refractivity (Wildman–Crippen MR) is 91.6 cm³/mol. The van der Waals surface area contributed by atoms with Crippen molar-refractivity contribution < 1.29 is 5.11 Å². The quantitative estimate of drug-likeness (QED) is 0.943. The fraction of sp³-hybridized carbons (Fsp3) is 0.316. The van der Waals surface area contributed by atoms with Crippen LogP contribution in [0.15, 0.2) is 48.5 Å². The monoisotopic (exact) mass is 307 g/mol. The van der Waals surface area contributed by atoms with Gasteiger partial charge in [0, 0.05) is 32.7 Å². The Labute approximate surface area is 137 Å². The second-order valence-electron chi connectivity index (χ2n) is 5.88. The van der Waals surface area contributed by atoms with E-state index in [1.165, 1.54) is 11.6 Å². The zero-order valence-corrected chi connectivity index (χ0v) is 13.2. The lowest BCUT2D eigenvalue weighted by Gasteiger charge is -2.36. The van der Waals surface area contributed by atoms with E-state index in [1.54, 1.807) is 6.07 Å². The van der Waals surface area contributed by atoms with E-state index in [4.69, 9.17) is 0 Å². The second kappa shape index (κ2) is 7.17. The Morgan fingerprint density at radius 1 is 1.00 bits per heavy atom. The molecule has 0 amide bonds. The molecule has 4 nitrogen and oxygen atoms in total. The predicted octanol–water partition coefficient (Wildman–Crippen LogP) is 2.63. The number of benzene rings is 2. The molecule has 2 aromatic carbocycles. The Bertz CT molecular complexity index is 686. The number of rotatable bonds is 4. The Morgan fingerprint density at radius 2 is 1.74 bits per heavy atom. The van der Waals surface area contributed by atoms with Gasteiger partial charge in [0.2, 0.25) is 0 Å². The van der Waals surface area contributed by atoms with Crippen LogP contribution < -0.4 is 4.90 Å². The summed E-state index contributed by atoms with van der Waals surface area (Å²) in [6.07, 6.45) is 1.07. The topological polar surface area (TPSA) is 50.5 Å². The van der Waals surface area contributed by atoms with E-state index in [0.717, 1.165) is 44.8 Å². The summed E-state index contributed by atoms with van der Waals surface area (Å²) >= 11 is 0. The maximum absolute atomic E-state index is 9.51. The molecule has 1 aliphatic heterocycles. The zero-order valence-electron chi connectivity index (χ0n) is 13.2. The summed E-state index contributed by atoms with van der Waals surface area (Å²) in [5.41, 5.74) is 2.84. The number of nitriles is 1. The van der Waals surface area contributed by atoms with Crippen molar-refractivity contribution in [3.05, 3.63) is 59.7 Å². The summed E-state index contributed by atoms with van der Waals surface area (Å²) in [6.45, 7) is 4.89. The molecule has 0 saturated carbocycles. The van der Waals surface area contributed by atoms with Crippen LogP contribution in [0.3, 0.4) is 0 Å². The average Bonchev–Trinajstić information content (AvgIpc) is 2.61. The van der Waals surface area contributed by atoms with Crippen molar-refractivity contribution in [1.29, 1.82) is 5.26 Å². The fourth-order valence-corrected chi connectivity index (χ4v) is 3.03. The Kier molecular flexibility index (Phi) is 4.80. The number of anilines is 1. The number of piperazine rings is 1. The third kappa shape index (κ3) is 3.82. The van der Waals surface area contributed by atoms with E-state index < -0.39 is 0 Å². The van der Waals surface area contributed by atoms with Gasteiger partial charge >= 0.3 is 0 Å². The van der Waals surface area contributed by atoms with Crippen molar-refractivity contribution in [3.63, 3.8) is 0 Å². The van der Waals surface area contributed by atoms with Crippen molar-refractivity contribution in [2.24, 2.45) is 0 Å². The highest BCUT2D eigenvalue weighted by molar-refractivity contribution is 5.61. The Hall–Kier alpha value is -2.51. The third-order valence-corrected chi connectivity index (χ3v) is 4.37. The first-order valence-corrected chi connectivity index (χ1v) is 8.00. The molecule has 0 unspecified atom stereocenters. The fourth-order valence-electron chi connectivity index (χ4n) is 3.03. The largest absolute Gasteiger partial charge is 0.508 e. The van der Waals surface area contributed by atoms with E-state index in [-0.39, 0.29) is 5.75 Å². The molecule has 1 heterocycles. The smallest absolute Gasteiger partial charge is 0.117 e. The van der Waals surface area contributed by atoms with Crippen LogP contribution >= 0.6 is 0 Å². The molecule has 0 bridgehead atoms. The van der Waals surface area contributed by atoms with Crippen LogP contribution in [-0.2, 0) is 6.42 Å². The highest BCUT2D eigenvalue weighted by atomic mass is 16.3. The normalized spacial score (nSPS) is 15.3. The van der Waals surface area contributed by atoms with Crippen molar-refractivity contribution in [2.75, 3.05) is 37.6 Å². The molecular formula is C19H21N3O. The third-order valence-electron chi connectivity index (χ3n) is 4.37. The van der Waals surface area contributed by atoms with E-state index in [2.05, 4.69) is 40.1 Å². The van der Waals surface area contributed by atoms with E-state index >= 15 is 0 Å². The van der Waals surface area contributed by atoms with Crippen LogP contribution in [-0.4, -0.2) is 42.7 Å². The molecule has 118 valence electrons. The van der Waals surface area contributed by atoms with Crippen LogP contribution in [0, 0.1) is 11.3 Å². The zero-order chi connectivity index (χ0) is 16.1. The van der Waals surface area contributed by atoms with Gasteiger partial charge in [0.15, 0.2) is 0 Å². The van der Waals surface area contributed by atoms with Gasteiger partial charge in [-0.2, -0.15) is 5.26 Å². The SMILES string of the molecule is N#Cc1cc(O)ccc1N1CCN(CCc2ccccc2)CC1. The van der Waals surface area contributed by atoms with E-state index in [1.807, 2.05) is 12.1 Å². The molecular weight excluding hydrogens is 286 g/mol. The van der Waals surface area contributed by atoms with E-state index in [0.29, 0.717) is 5.56 Å². The molecule has 0 spiro atoms. The minimum Gasteiger partial charge on any atom is -0.508 e. The Morgan fingerprint density at radius 3 is 2.43 bits per heavy atom. The molecule has 0 aromatic heterocycles. The lowest BCUT2D eigenvalue weighted by atomic mass is 10.1. The summed E-state index contributed by atoms with van der Waals surface area (Å²) < 4.78 is 0. The summed E-state index contributed by atoms with van der Waals surface area (Å²) in [5.74, 6) is 0.145. The molecule has 1 fully saturated rings. The van der Waals surface area contributed by atoms with Crippen LogP contribution in [0.1, 0.15) is 11.1 Å². The lowest BCUT2D eigenvalue weighted by Crippen LogP contribution is -2.47. The van der Waals surface area contributed by atoms with Gasteiger partial charge in [-0.25, -0.2) is 0 Å². The van der Waals surface area contributed by atoms with Gasteiger partial charge in [0.1, 0.15) is 11.8 Å². The minimum absolute atomic E-state index is 0.145. The molecule has 2 aromatic rings. The number of aromatic hydroxyl groups is 1. The van der Waals surface area contributed by atoms with Gasteiger partial charge in [0.25, 0.3) is 0 Å². The van der Waals surface area contributed by atoms with Crippen molar-refractivity contribution in [2.45, 2.75) is 6.42 Å². The van der Waals surface area contributed by atoms with Crippen molar-refractivity contribution in [1.82, 2.24) is 4.90 Å². The van der Waals surface area contributed by atoms with Crippen LogP contribution in [0.5, 0.6) is 5.75 Å². The second-order valence-corrected chi connectivity index (χ2v) is 5.88. The van der Waals surface area contributed by atoms with Crippen molar-refractivity contribution >= 4 is 5.69 Å². The molecule has 23 heavy (non-hydrogen) atoms. The highest BCUT2D eigenvalue weighted by Crippen LogP contribution is 2.25. The van der Waals surface area contributed by atoms with Crippen molar-refractivity contribution in [3.8, 4) is 11.8 Å². The Balaban J connectivity index is 1.55. The molecule has 0 radical (unpaired) electrons. The standard InChI is InChI=1S/C19H21N3O/c20-15-17-14-18(23)6-7-19(17)22-12-10-21(11-13-22)9-8-16-4-2-1-3-5-16/h1-7,14,23H,8-13H2. The number of phenolic OH excluding ortho intramolecular Hbond substituents is 1. The number of nitrogens with zero attached hydrogens (tertiary/aromatic N) is 3.